The van der Waals surface area contributed by atoms with Gasteiger partial charge in [0.25, 0.3) is 0 Å². The Kier molecular flexibility index (Phi) is 3.28. The largest absolute Gasteiger partial charge is 0.394 e. The van der Waals surface area contributed by atoms with Gasteiger partial charge in [-0.05, 0) is 0 Å². The molecule has 0 bridgehead atoms. The van der Waals surface area contributed by atoms with E-state index in [0.29, 0.717) is 0 Å². The molecule has 12 heavy (non-hydrogen) atoms. The van der Waals surface area contributed by atoms with Gasteiger partial charge in [-0.2, -0.15) is 0 Å². The van der Waals surface area contributed by atoms with E-state index in [-0.39, 0.29) is 0 Å². The lowest BCUT2D eigenvalue weighted by Gasteiger charge is -2.37. The van der Waals surface area contributed by atoms with Crippen LogP contribution in [0.2, 0.25) is 0 Å². The van der Waals surface area contributed by atoms with Gasteiger partial charge in [0.2, 0.25) is 0 Å². The molecule has 0 aromatic rings. The molecule has 6 heteroatoms. The Morgan fingerprint density at radius 1 is 1.17 bits per heavy atom. The molecule has 5 nitrogen and oxygen atoms in total. The monoisotopic (exact) mass is 198 g/mol. The minimum Gasteiger partial charge on any atom is -0.394 e. The van der Waals surface area contributed by atoms with Crippen molar-refractivity contribution in [2.75, 3.05) is 6.61 Å². The Morgan fingerprint density at radius 3 is 2.25 bits per heavy atom. The Morgan fingerprint density at radius 2 is 1.75 bits per heavy atom. The minimum atomic E-state index is -1.36. The van der Waals surface area contributed by atoms with Gasteiger partial charge in [0, 0.05) is 0 Å². The molecule has 1 aliphatic rings. The summed E-state index contributed by atoms with van der Waals surface area (Å²) in [5.41, 5.74) is 0. The first-order chi connectivity index (χ1) is 5.57. The summed E-state index contributed by atoms with van der Waals surface area (Å²) in [5, 5.41) is 35.0. The standard InChI is InChI=1S/C6H11ClO5/c7-3-5(10)4(9)2(1-8)12-6(3)11/h2-6,8-11H,1H2/t2-,3?,4-,5-,6?/m1/s1. The van der Waals surface area contributed by atoms with Gasteiger partial charge in [0.05, 0.1) is 6.61 Å². The summed E-state index contributed by atoms with van der Waals surface area (Å²) >= 11 is 5.47. The summed E-state index contributed by atoms with van der Waals surface area (Å²) in [7, 11) is 0. The predicted octanol–water partition coefficient (Wildman–Crippen LogP) is -1.97. The molecule has 1 heterocycles. The molecule has 1 rings (SSSR count). The van der Waals surface area contributed by atoms with E-state index in [2.05, 4.69) is 0 Å². The average Bonchev–Trinajstić information content (AvgIpc) is 2.08. The summed E-state index contributed by atoms with van der Waals surface area (Å²) in [4.78, 5) is 0. The SMILES string of the molecule is OC[C@H]1OC(O)C(Cl)[C@@H](O)[C@@H]1O. The third-order valence-corrected chi connectivity index (χ3v) is 2.30. The van der Waals surface area contributed by atoms with Gasteiger partial charge in [0.15, 0.2) is 6.29 Å². The van der Waals surface area contributed by atoms with Crippen LogP contribution < -0.4 is 0 Å². The number of halogens is 1. The van der Waals surface area contributed by atoms with Gasteiger partial charge in [0.1, 0.15) is 23.7 Å². The van der Waals surface area contributed by atoms with Crippen molar-refractivity contribution in [2.24, 2.45) is 0 Å². The molecule has 0 aromatic heterocycles. The van der Waals surface area contributed by atoms with Crippen LogP contribution in [0.5, 0.6) is 0 Å². The molecular weight excluding hydrogens is 188 g/mol. The second-order valence-corrected chi connectivity index (χ2v) is 3.18. The predicted molar refractivity (Wildman–Crippen MR) is 39.6 cm³/mol. The third-order valence-electron chi connectivity index (χ3n) is 1.82. The molecule has 1 aliphatic heterocycles. The van der Waals surface area contributed by atoms with Crippen LogP contribution in [0.4, 0.5) is 0 Å². The van der Waals surface area contributed by atoms with Crippen molar-refractivity contribution in [1.29, 1.82) is 0 Å². The summed E-state index contributed by atoms with van der Waals surface area (Å²) in [6.07, 6.45) is -4.89. The number of ether oxygens (including phenoxy) is 1. The van der Waals surface area contributed by atoms with Gasteiger partial charge >= 0.3 is 0 Å². The molecule has 5 atom stereocenters. The topological polar surface area (TPSA) is 90.2 Å². The highest BCUT2D eigenvalue weighted by atomic mass is 35.5. The van der Waals surface area contributed by atoms with E-state index in [1.54, 1.807) is 0 Å². The lowest BCUT2D eigenvalue weighted by Crippen LogP contribution is -2.56. The van der Waals surface area contributed by atoms with Crippen LogP contribution in [0.15, 0.2) is 0 Å². The normalized spacial score (nSPS) is 49.2. The Balaban J connectivity index is 2.63. The molecule has 0 spiro atoms. The number of rotatable bonds is 1. The van der Waals surface area contributed by atoms with Crippen molar-refractivity contribution >= 4 is 11.6 Å². The van der Waals surface area contributed by atoms with E-state index < -0.39 is 36.6 Å². The van der Waals surface area contributed by atoms with Gasteiger partial charge in [-0.25, -0.2) is 0 Å². The zero-order valence-corrected chi connectivity index (χ0v) is 6.92. The smallest absolute Gasteiger partial charge is 0.174 e. The quantitative estimate of drug-likeness (QED) is 0.367. The maximum atomic E-state index is 9.20. The van der Waals surface area contributed by atoms with Crippen LogP contribution in [-0.4, -0.2) is 57.0 Å². The minimum absolute atomic E-state index is 0.473. The highest BCUT2D eigenvalue weighted by Crippen LogP contribution is 2.23. The number of aliphatic hydroxyl groups is 4. The third kappa shape index (κ3) is 1.71. The Hall–Kier alpha value is 0.0900. The van der Waals surface area contributed by atoms with Crippen molar-refractivity contribution in [2.45, 2.75) is 30.0 Å². The highest BCUT2D eigenvalue weighted by molar-refractivity contribution is 6.21. The molecule has 72 valence electrons. The molecule has 0 saturated carbocycles. The molecule has 0 aliphatic carbocycles. The van der Waals surface area contributed by atoms with E-state index in [9.17, 15) is 10.2 Å². The second-order valence-electron chi connectivity index (χ2n) is 2.67. The maximum absolute atomic E-state index is 9.20. The fourth-order valence-electron chi connectivity index (χ4n) is 1.06. The van der Waals surface area contributed by atoms with Crippen molar-refractivity contribution < 1.29 is 25.2 Å². The lowest BCUT2D eigenvalue weighted by atomic mass is 10.0. The molecule has 0 aromatic carbocycles. The zero-order valence-electron chi connectivity index (χ0n) is 6.17. The summed E-state index contributed by atoms with van der Waals surface area (Å²) in [6, 6.07) is 0. The molecule has 1 saturated heterocycles. The second kappa shape index (κ2) is 3.87. The number of aliphatic hydroxyl groups excluding tert-OH is 4. The fraction of sp³-hybridized carbons (Fsp3) is 1.00. The molecule has 0 amide bonds. The first kappa shape index (κ1) is 10.2. The van der Waals surface area contributed by atoms with Gasteiger partial charge < -0.3 is 25.2 Å². The Labute approximate surface area is 74.2 Å². The highest BCUT2D eigenvalue weighted by Gasteiger charge is 2.42. The molecule has 1 fully saturated rings. The first-order valence-electron chi connectivity index (χ1n) is 3.52. The Bertz CT molecular complexity index is 150. The van der Waals surface area contributed by atoms with E-state index in [4.69, 9.17) is 26.6 Å². The lowest BCUT2D eigenvalue weighted by molar-refractivity contribution is -0.236. The van der Waals surface area contributed by atoms with Crippen LogP contribution in [0, 0.1) is 0 Å². The number of hydrogen-bond acceptors (Lipinski definition) is 5. The number of hydrogen-bond donors (Lipinski definition) is 4. The molecule has 2 unspecified atom stereocenters. The van der Waals surface area contributed by atoms with Crippen LogP contribution in [0.3, 0.4) is 0 Å². The molecule has 0 radical (unpaired) electrons. The van der Waals surface area contributed by atoms with E-state index in [1.165, 1.54) is 0 Å². The van der Waals surface area contributed by atoms with Gasteiger partial charge in [-0.1, -0.05) is 0 Å². The van der Waals surface area contributed by atoms with Crippen molar-refractivity contribution in [3.8, 4) is 0 Å². The molecule has 4 N–H and O–H groups in total. The molecular formula is C6H11ClO5. The zero-order chi connectivity index (χ0) is 9.30. The van der Waals surface area contributed by atoms with E-state index in [0.717, 1.165) is 0 Å². The van der Waals surface area contributed by atoms with Gasteiger partial charge in [-0.3, -0.25) is 0 Å². The van der Waals surface area contributed by atoms with E-state index in [1.807, 2.05) is 0 Å². The fourth-order valence-corrected chi connectivity index (χ4v) is 1.27. The number of alkyl halides is 1. The first-order valence-corrected chi connectivity index (χ1v) is 3.96. The van der Waals surface area contributed by atoms with Crippen LogP contribution in [0.25, 0.3) is 0 Å². The summed E-state index contributed by atoms with van der Waals surface area (Å²) in [6.45, 7) is -0.473. The summed E-state index contributed by atoms with van der Waals surface area (Å²) in [5.74, 6) is 0. The van der Waals surface area contributed by atoms with Crippen molar-refractivity contribution in [1.82, 2.24) is 0 Å². The maximum Gasteiger partial charge on any atom is 0.174 e. The van der Waals surface area contributed by atoms with Gasteiger partial charge in [-0.15, -0.1) is 11.6 Å². The van der Waals surface area contributed by atoms with Crippen molar-refractivity contribution in [3.63, 3.8) is 0 Å². The summed E-state index contributed by atoms with van der Waals surface area (Å²) < 4.78 is 4.69. The van der Waals surface area contributed by atoms with Crippen molar-refractivity contribution in [3.05, 3.63) is 0 Å². The van der Waals surface area contributed by atoms with Crippen LogP contribution in [0.1, 0.15) is 0 Å². The van der Waals surface area contributed by atoms with E-state index >= 15 is 0 Å². The van der Waals surface area contributed by atoms with Crippen LogP contribution >= 0.6 is 11.6 Å². The average molecular weight is 199 g/mol. The van der Waals surface area contributed by atoms with Crippen LogP contribution in [-0.2, 0) is 4.74 Å².